The summed E-state index contributed by atoms with van der Waals surface area (Å²) in [5.74, 6) is 0.284. The molecule has 1 unspecified atom stereocenters. The topological polar surface area (TPSA) is 56.2 Å². The van der Waals surface area contributed by atoms with Crippen molar-refractivity contribution in [2.45, 2.75) is 19.6 Å². The highest BCUT2D eigenvalue weighted by Gasteiger charge is 2.25. The van der Waals surface area contributed by atoms with Crippen LogP contribution < -0.4 is 5.32 Å². The van der Waals surface area contributed by atoms with Gasteiger partial charge in [-0.1, -0.05) is 12.1 Å². The van der Waals surface area contributed by atoms with Gasteiger partial charge in [0.15, 0.2) is 0 Å². The molecule has 0 aliphatic carbocycles. The molecule has 2 heterocycles. The van der Waals surface area contributed by atoms with Crippen LogP contribution in [0.25, 0.3) is 11.0 Å². The largest absolute Gasteiger partial charge is 0.371 e. The van der Waals surface area contributed by atoms with Gasteiger partial charge in [-0.25, -0.2) is 9.37 Å². The smallest absolute Gasteiger partial charge is 0.251 e. The lowest BCUT2D eigenvalue weighted by Crippen LogP contribution is -2.35. The monoisotopic (exact) mass is 339 g/mol. The Labute approximate surface area is 144 Å². The average Bonchev–Trinajstić information content (AvgIpc) is 3.01. The number of ether oxygens (including phenoxy) is 1. The van der Waals surface area contributed by atoms with E-state index in [4.69, 9.17) is 4.74 Å². The molecule has 1 aliphatic heterocycles. The van der Waals surface area contributed by atoms with Crippen LogP contribution in [0, 0.1) is 12.7 Å². The summed E-state index contributed by atoms with van der Waals surface area (Å²) >= 11 is 0. The number of hydrogen-bond acceptors (Lipinski definition) is 3. The predicted molar refractivity (Wildman–Crippen MR) is 91.9 cm³/mol. The summed E-state index contributed by atoms with van der Waals surface area (Å²) in [6, 6.07) is 11.6. The summed E-state index contributed by atoms with van der Waals surface area (Å²) in [5, 5.41) is 2.91. The first-order valence-corrected chi connectivity index (χ1v) is 8.21. The Morgan fingerprint density at radius 2 is 2.12 bits per heavy atom. The molecule has 1 amide bonds. The van der Waals surface area contributed by atoms with E-state index < -0.39 is 0 Å². The third-order valence-electron chi connectivity index (χ3n) is 4.51. The molecular formula is C19H18FN3O2. The Balaban J connectivity index is 1.57. The summed E-state index contributed by atoms with van der Waals surface area (Å²) in [6.07, 6.45) is 0. The van der Waals surface area contributed by atoms with Crippen LogP contribution in [0.15, 0.2) is 42.5 Å². The van der Waals surface area contributed by atoms with E-state index in [2.05, 4.69) is 14.9 Å². The standard InChI is InChI=1S/C19H18FN3O2/c1-12-3-2-4-16-18(12)22-17-11-25-10-15(23(16)17)9-21-19(24)13-5-7-14(20)8-6-13/h2-8,15H,9-11H2,1H3,(H,21,24). The molecule has 3 aromatic rings. The van der Waals surface area contributed by atoms with Gasteiger partial charge in [-0.15, -0.1) is 0 Å². The van der Waals surface area contributed by atoms with E-state index in [0.29, 0.717) is 25.3 Å². The fourth-order valence-corrected chi connectivity index (χ4v) is 3.24. The number of rotatable bonds is 3. The van der Waals surface area contributed by atoms with Gasteiger partial charge in [-0.05, 0) is 42.8 Å². The quantitative estimate of drug-likeness (QED) is 0.798. The lowest BCUT2D eigenvalue weighted by atomic mass is 10.2. The zero-order chi connectivity index (χ0) is 17.4. The maximum atomic E-state index is 13.0. The van der Waals surface area contributed by atoms with Crippen LogP contribution in [0.1, 0.15) is 27.8 Å². The number of carbonyl (C=O) groups is 1. The van der Waals surface area contributed by atoms with Crippen LogP contribution in [0.4, 0.5) is 4.39 Å². The van der Waals surface area contributed by atoms with Crippen molar-refractivity contribution in [3.05, 3.63) is 65.2 Å². The Kier molecular flexibility index (Phi) is 3.97. The van der Waals surface area contributed by atoms with E-state index in [-0.39, 0.29) is 17.8 Å². The van der Waals surface area contributed by atoms with E-state index in [1.54, 1.807) is 0 Å². The number of amides is 1. The number of aryl methyl sites for hydroxylation is 1. The van der Waals surface area contributed by atoms with Crippen molar-refractivity contribution >= 4 is 16.9 Å². The highest BCUT2D eigenvalue weighted by atomic mass is 19.1. The molecule has 2 aromatic carbocycles. The van der Waals surface area contributed by atoms with Gasteiger partial charge < -0.3 is 14.6 Å². The molecule has 5 nitrogen and oxygen atoms in total. The number of para-hydroxylation sites is 1. The van der Waals surface area contributed by atoms with Crippen LogP contribution in [0.5, 0.6) is 0 Å². The summed E-state index contributed by atoms with van der Waals surface area (Å²) in [4.78, 5) is 16.9. The van der Waals surface area contributed by atoms with Crippen molar-refractivity contribution in [3.63, 3.8) is 0 Å². The fourth-order valence-electron chi connectivity index (χ4n) is 3.24. The molecule has 4 rings (SSSR count). The van der Waals surface area contributed by atoms with Gasteiger partial charge >= 0.3 is 0 Å². The van der Waals surface area contributed by atoms with Crippen molar-refractivity contribution < 1.29 is 13.9 Å². The molecule has 25 heavy (non-hydrogen) atoms. The van der Waals surface area contributed by atoms with Crippen LogP contribution >= 0.6 is 0 Å². The number of benzene rings is 2. The van der Waals surface area contributed by atoms with E-state index in [9.17, 15) is 9.18 Å². The van der Waals surface area contributed by atoms with Crippen molar-refractivity contribution in [2.24, 2.45) is 0 Å². The first kappa shape index (κ1) is 15.8. The number of fused-ring (bicyclic) bond motifs is 3. The number of aromatic nitrogens is 2. The zero-order valence-corrected chi connectivity index (χ0v) is 13.8. The minimum Gasteiger partial charge on any atom is -0.371 e. The van der Waals surface area contributed by atoms with Crippen molar-refractivity contribution in [3.8, 4) is 0 Å². The van der Waals surface area contributed by atoms with Crippen LogP contribution in [0.2, 0.25) is 0 Å². The molecule has 0 radical (unpaired) electrons. The average molecular weight is 339 g/mol. The summed E-state index contributed by atoms with van der Waals surface area (Å²) < 4.78 is 20.8. The summed E-state index contributed by atoms with van der Waals surface area (Å²) in [7, 11) is 0. The van der Waals surface area contributed by atoms with E-state index in [0.717, 1.165) is 22.4 Å². The lowest BCUT2D eigenvalue weighted by molar-refractivity contribution is 0.0553. The molecule has 0 fully saturated rings. The predicted octanol–water partition coefficient (Wildman–Crippen LogP) is 2.99. The first-order chi connectivity index (χ1) is 12.1. The van der Waals surface area contributed by atoms with Crippen LogP contribution in [-0.2, 0) is 11.3 Å². The zero-order valence-electron chi connectivity index (χ0n) is 13.8. The van der Waals surface area contributed by atoms with Gasteiger partial charge in [0.1, 0.15) is 18.2 Å². The SMILES string of the molecule is Cc1cccc2c1nc1n2C(CNC(=O)c2ccc(F)cc2)COC1. The number of halogens is 1. The highest BCUT2D eigenvalue weighted by Crippen LogP contribution is 2.27. The lowest BCUT2D eigenvalue weighted by Gasteiger charge is -2.26. The molecular weight excluding hydrogens is 321 g/mol. The Morgan fingerprint density at radius 1 is 1.32 bits per heavy atom. The summed E-state index contributed by atoms with van der Waals surface area (Å²) in [6.45, 7) is 3.43. The molecule has 0 saturated heterocycles. The number of carbonyl (C=O) groups excluding carboxylic acids is 1. The van der Waals surface area contributed by atoms with Crippen LogP contribution in [0.3, 0.4) is 0 Å². The maximum absolute atomic E-state index is 13.0. The molecule has 0 saturated carbocycles. The Bertz CT molecular complexity index is 934. The first-order valence-electron chi connectivity index (χ1n) is 8.21. The van der Waals surface area contributed by atoms with Gasteiger partial charge in [0.25, 0.3) is 5.91 Å². The Hall–Kier alpha value is -2.73. The van der Waals surface area contributed by atoms with E-state index >= 15 is 0 Å². The van der Waals surface area contributed by atoms with E-state index in [1.165, 1.54) is 24.3 Å². The van der Waals surface area contributed by atoms with Crippen LogP contribution in [-0.4, -0.2) is 28.6 Å². The number of nitrogens with zero attached hydrogens (tertiary/aromatic N) is 2. The molecule has 6 heteroatoms. The van der Waals surface area contributed by atoms with Gasteiger partial charge in [-0.3, -0.25) is 4.79 Å². The molecule has 1 atom stereocenters. The third-order valence-corrected chi connectivity index (χ3v) is 4.51. The van der Waals surface area contributed by atoms with Gasteiger partial charge in [0, 0.05) is 12.1 Å². The second-order valence-electron chi connectivity index (χ2n) is 6.23. The summed E-state index contributed by atoms with van der Waals surface area (Å²) in [5.41, 5.74) is 3.58. The normalized spacial score (nSPS) is 16.6. The molecule has 128 valence electrons. The molecule has 1 aliphatic rings. The molecule has 0 bridgehead atoms. The van der Waals surface area contributed by atoms with Crippen molar-refractivity contribution in [1.29, 1.82) is 0 Å². The van der Waals surface area contributed by atoms with Gasteiger partial charge in [0.2, 0.25) is 0 Å². The number of imidazole rings is 1. The second-order valence-corrected chi connectivity index (χ2v) is 6.23. The van der Waals surface area contributed by atoms with Crippen molar-refractivity contribution in [2.75, 3.05) is 13.2 Å². The molecule has 1 aromatic heterocycles. The maximum Gasteiger partial charge on any atom is 0.251 e. The highest BCUT2D eigenvalue weighted by molar-refractivity contribution is 5.94. The number of hydrogen-bond donors (Lipinski definition) is 1. The minimum absolute atomic E-state index is 0.0278. The minimum atomic E-state index is -0.359. The van der Waals surface area contributed by atoms with Crippen molar-refractivity contribution in [1.82, 2.24) is 14.9 Å². The Morgan fingerprint density at radius 3 is 2.92 bits per heavy atom. The fraction of sp³-hybridized carbons (Fsp3) is 0.263. The third kappa shape index (κ3) is 2.89. The molecule has 0 spiro atoms. The van der Waals surface area contributed by atoms with E-state index in [1.807, 2.05) is 25.1 Å². The molecule has 1 N–H and O–H groups in total. The number of nitrogens with one attached hydrogen (secondary N) is 1. The van der Waals surface area contributed by atoms with Gasteiger partial charge in [0.05, 0.1) is 23.7 Å². The van der Waals surface area contributed by atoms with Gasteiger partial charge in [-0.2, -0.15) is 0 Å². The second kappa shape index (κ2) is 6.29.